The molecular formula is C8H15N3O. The maximum Gasteiger partial charge on any atom is 0.317 e. The molecule has 2 amide bonds. The monoisotopic (exact) mass is 169 g/mol. The van der Waals surface area contributed by atoms with E-state index < -0.39 is 0 Å². The van der Waals surface area contributed by atoms with Gasteiger partial charge in [-0.15, -0.1) is 0 Å². The van der Waals surface area contributed by atoms with Crippen LogP contribution in [0.1, 0.15) is 12.8 Å². The smallest absolute Gasteiger partial charge is 0.317 e. The average Bonchev–Trinajstić information content (AvgIpc) is 2.57. The standard InChI is InChI=1S/C8H15N3O/c12-8-10-3-1-5-11(8)7-2-4-9-6-7/h7,9H,1-6H2,(H,10,12). The van der Waals surface area contributed by atoms with Crippen molar-refractivity contribution >= 4 is 6.03 Å². The third kappa shape index (κ3) is 1.39. The van der Waals surface area contributed by atoms with Crippen LogP contribution in [0.5, 0.6) is 0 Å². The fourth-order valence-corrected chi connectivity index (χ4v) is 1.90. The summed E-state index contributed by atoms with van der Waals surface area (Å²) in [6.45, 7) is 3.79. The van der Waals surface area contributed by atoms with E-state index >= 15 is 0 Å². The molecule has 2 saturated heterocycles. The molecule has 2 N–H and O–H groups in total. The van der Waals surface area contributed by atoms with Gasteiger partial charge in [0.1, 0.15) is 0 Å². The van der Waals surface area contributed by atoms with Crippen LogP contribution in [0.3, 0.4) is 0 Å². The van der Waals surface area contributed by atoms with Crippen LogP contribution in [0, 0.1) is 0 Å². The summed E-state index contributed by atoms with van der Waals surface area (Å²) < 4.78 is 0. The molecule has 0 aromatic heterocycles. The lowest BCUT2D eigenvalue weighted by Gasteiger charge is -2.32. The lowest BCUT2D eigenvalue weighted by atomic mass is 10.2. The topological polar surface area (TPSA) is 44.4 Å². The highest BCUT2D eigenvalue weighted by Gasteiger charge is 2.27. The van der Waals surface area contributed by atoms with E-state index in [-0.39, 0.29) is 6.03 Å². The van der Waals surface area contributed by atoms with Crippen LogP contribution in [0.25, 0.3) is 0 Å². The van der Waals surface area contributed by atoms with Crippen LogP contribution in [-0.4, -0.2) is 43.2 Å². The van der Waals surface area contributed by atoms with Crippen LogP contribution in [0.15, 0.2) is 0 Å². The Bertz CT molecular complexity index is 177. The van der Waals surface area contributed by atoms with Gasteiger partial charge >= 0.3 is 6.03 Å². The van der Waals surface area contributed by atoms with Crippen molar-refractivity contribution in [1.29, 1.82) is 0 Å². The van der Waals surface area contributed by atoms with Crippen LogP contribution >= 0.6 is 0 Å². The minimum absolute atomic E-state index is 0.120. The number of amides is 2. The van der Waals surface area contributed by atoms with Crippen molar-refractivity contribution in [3.8, 4) is 0 Å². The number of nitrogens with zero attached hydrogens (tertiary/aromatic N) is 1. The van der Waals surface area contributed by atoms with Gasteiger partial charge < -0.3 is 15.5 Å². The summed E-state index contributed by atoms with van der Waals surface area (Å²) in [6, 6.07) is 0.556. The molecule has 2 rings (SSSR count). The van der Waals surface area contributed by atoms with Gasteiger partial charge in [-0.25, -0.2) is 4.79 Å². The van der Waals surface area contributed by atoms with Crippen LogP contribution in [-0.2, 0) is 0 Å². The first-order valence-corrected chi connectivity index (χ1v) is 4.63. The Kier molecular flexibility index (Phi) is 2.17. The Morgan fingerprint density at radius 2 is 2.33 bits per heavy atom. The zero-order chi connectivity index (χ0) is 8.39. The molecule has 2 heterocycles. The number of urea groups is 1. The number of nitrogens with one attached hydrogen (secondary N) is 2. The maximum absolute atomic E-state index is 11.4. The van der Waals surface area contributed by atoms with Crippen LogP contribution in [0.4, 0.5) is 4.79 Å². The van der Waals surface area contributed by atoms with Gasteiger partial charge in [-0.1, -0.05) is 0 Å². The van der Waals surface area contributed by atoms with Gasteiger partial charge in [-0.3, -0.25) is 0 Å². The predicted molar refractivity (Wildman–Crippen MR) is 46.0 cm³/mol. The quantitative estimate of drug-likeness (QED) is 0.569. The Balaban J connectivity index is 1.95. The van der Waals surface area contributed by atoms with Crippen LogP contribution in [0.2, 0.25) is 0 Å². The molecule has 0 radical (unpaired) electrons. The summed E-state index contributed by atoms with van der Waals surface area (Å²) in [5.41, 5.74) is 0. The fraction of sp³-hybridized carbons (Fsp3) is 0.875. The number of hydrogen-bond acceptors (Lipinski definition) is 2. The second-order valence-electron chi connectivity index (χ2n) is 3.43. The van der Waals surface area contributed by atoms with Gasteiger partial charge in [0.2, 0.25) is 0 Å². The first kappa shape index (κ1) is 7.86. The Hall–Kier alpha value is -0.770. The average molecular weight is 169 g/mol. The van der Waals surface area contributed by atoms with E-state index in [0.717, 1.165) is 39.0 Å². The predicted octanol–water partition coefficient (Wildman–Crippen LogP) is -0.236. The highest BCUT2D eigenvalue weighted by atomic mass is 16.2. The molecule has 2 aliphatic rings. The lowest BCUT2D eigenvalue weighted by Crippen LogP contribution is -2.51. The fourth-order valence-electron chi connectivity index (χ4n) is 1.90. The number of carbonyl (C=O) groups is 1. The van der Waals surface area contributed by atoms with Gasteiger partial charge in [0, 0.05) is 25.7 Å². The van der Waals surface area contributed by atoms with Crippen molar-refractivity contribution in [1.82, 2.24) is 15.5 Å². The van der Waals surface area contributed by atoms with E-state index in [1.165, 1.54) is 0 Å². The van der Waals surface area contributed by atoms with Crippen molar-refractivity contribution in [3.63, 3.8) is 0 Å². The Morgan fingerprint density at radius 1 is 1.42 bits per heavy atom. The molecule has 1 atom stereocenters. The first-order chi connectivity index (χ1) is 5.88. The largest absolute Gasteiger partial charge is 0.338 e. The van der Waals surface area contributed by atoms with Crippen molar-refractivity contribution in [2.45, 2.75) is 18.9 Å². The van der Waals surface area contributed by atoms with Gasteiger partial charge in [-0.2, -0.15) is 0 Å². The summed E-state index contributed by atoms with van der Waals surface area (Å²) in [6.07, 6.45) is 2.19. The number of rotatable bonds is 1. The minimum Gasteiger partial charge on any atom is -0.338 e. The van der Waals surface area contributed by atoms with Crippen molar-refractivity contribution in [3.05, 3.63) is 0 Å². The van der Waals surface area contributed by atoms with E-state index in [1.807, 2.05) is 4.90 Å². The molecule has 2 aliphatic heterocycles. The molecule has 0 aromatic rings. The minimum atomic E-state index is 0.120. The zero-order valence-corrected chi connectivity index (χ0v) is 7.18. The second kappa shape index (κ2) is 3.31. The molecule has 68 valence electrons. The van der Waals surface area contributed by atoms with E-state index in [4.69, 9.17) is 0 Å². The molecule has 0 bridgehead atoms. The molecule has 4 heteroatoms. The molecule has 0 spiro atoms. The third-order valence-corrected chi connectivity index (χ3v) is 2.59. The van der Waals surface area contributed by atoms with E-state index in [0.29, 0.717) is 6.04 Å². The highest BCUT2D eigenvalue weighted by molar-refractivity contribution is 5.75. The SMILES string of the molecule is O=C1NCCCN1C1CCNC1. The van der Waals surface area contributed by atoms with Gasteiger partial charge in [0.15, 0.2) is 0 Å². The lowest BCUT2D eigenvalue weighted by molar-refractivity contribution is 0.166. The second-order valence-corrected chi connectivity index (χ2v) is 3.43. The number of hydrogen-bond donors (Lipinski definition) is 2. The normalized spacial score (nSPS) is 30.5. The summed E-state index contributed by atoms with van der Waals surface area (Å²) in [4.78, 5) is 13.3. The molecule has 2 fully saturated rings. The van der Waals surface area contributed by atoms with Crippen molar-refractivity contribution in [2.75, 3.05) is 26.2 Å². The van der Waals surface area contributed by atoms with Gasteiger partial charge in [0.05, 0.1) is 0 Å². The van der Waals surface area contributed by atoms with E-state index in [2.05, 4.69) is 10.6 Å². The third-order valence-electron chi connectivity index (χ3n) is 2.59. The number of carbonyl (C=O) groups excluding carboxylic acids is 1. The molecule has 1 unspecified atom stereocenters. The van der Waals surface area contributed by atoms with Crippen LogP contribution < -0.4 is 10.6 Å². The molecule has 0 aromatic carbocycles. The zero-order valence-electron chi connectivity index (χ0n) is 7.18. The van der Waals surface area contributed by atoms with Crippen molar-refractivity contribution in [2.24, 2.45) is 0 Å². The van der Waals surface area contributed by atoms with E-state index in [1.54, 1.807) is 0 Å². The van der Waals surface area contributed by atoms with Gasteiger partial charge in [-0.05, 0) is 19.4 Å². The summed E-state index contributed by atoms with van der Waals surface area (Å²) >= 11 is 0. The molecule has 12 heavy (non-hydrogen) atoms. The Morgan fingerprint density at radius 3 is 3.00 bits per heavy atom. The van der Waals surface area contributed by atoms with Gasteiger partial charge in [0.25, 0.3) is 0 Å². The molecule has 0 saturated carbocycles. The maximum atomic E-state index is 11.4. The highest BCUT2D eigenvalue weighted by Crippen LogP contribution is 2.11. The molecular weight excluding hydrogens is 154 g/mol. The molecule has 4 nitrogen and oxygen atoms in total. The summed E-state index contributed by atoms with van der Waals surface area (Å²) in [5, 5.41) is 6.14. The summed E-state index contributed by atoms with van der Waals surface area (Å²) in [5.74, 6) is 0. The summed E-state index contributed by atoms with van der Waals surface area (Å²) in [7, 11) is 0. The first-order valence-electron chi connectivity index (χ1n) is 4.63. The van der Waals surface area contributed by atoms with E-state index in [9.17, 15) is 4.79 Å². The van der Waals surface area contributed by atoms with Crippen molar-refractivity contribution < 1.29 is 4.79 Å². The molecule has 0 aliphatic carbocycles. The Labute approximate surface area is 72.3 Å².